The highest BCUT2D eigenvalue weighted by atomic mass is 35.5. The summed E-state index contributed by atoms with van der Waals surface area (Å²) >= 11 is 5.81. The monoisotopic (exact) mass is 374 g/mol. The zero-order valence-electron chi connectivity index (χ0n) is 14.3. The van der Waals surface area contributed by atoms with Crippen LogP contribution in [0.5, 0.6) is 0 Å². The number of halogens is 1. The molecule has 1 aromatic rings. The Bertz CT molecular complexity index is 698. The first kappa shape index (κ1) is 19.0. The Morgan fingerprint density at radius 2 is 1.79 bits per heavy atom. The highest BCUT2D eigenvalue weighted by Crippen LogP contribution is 2.22. The van der Waals surface area contributed by atoms with E-state index in [4.69, 9.17) is 16.3 Å². The summed E-state index contributed by atoms with van der Waals surface area (Å²) in [5, 5.41) is 0.483. The Morgan fingerprint density at radius 3 is 2.29 bits per heavy atom. The molecule has 134 valence electrons. The Kier molecular flexibility index (Phi) is 5.47. The van der Waals surface area contributed by atoms with Crippen molar-refractivity contribution >= 4 is 27.7 Å². The third-order valence-electron chi connectivity index (χ3n) is 3.67. The fourth-order valence-corrected chi connectivity index (χ4v) is 4.13. The van der Waals surface area contributed by atoms with E-state index in [-0.39, 0.29) is 24.0 Å². The van der Waals surface area contributed by atoms with E-state index in [0.29, 0.717) is 11.6 Å². The van der Waals surface area contributed by atoms with Crippen LogP contribution in [0.2, 0.25) is 5.02 Å². The second kappa shape index (κ2) is 6.90. The smallest absolute Gasteiger partial charge is 0.410 e. The molecular weight excluding hydrogens is 352 g/mol. The molecule has 1 fully saturated rings. The molecule has 1 aliphatic rings. The van der Waals surface area contributed by atoms with Crippen LogP contribution in [0.25, 0.3) is 0 Å². The van der Waals surface area contributed by atoms with Crippen LogP contribution in [0.4, 0.5) is 4.79 Å². The average molecular weight is 375 g/mol. The van der Waals surface area contributed by atoms with Gasteiger partial charge in [0.25, 0.3) is 0 Å². The zero-order chi connectivity index (χ0) is 18.1. The maximum absolute atomic E-state index is 12.7. The highest BCUT2D eigenvalue weighted by molar-refractivity contribution is 7.89. The molecule has 8 heteroatoms. The molecule has 0 bridgehead atoms. The van der Waals surface area contributed by atoms with Gasteiger partial charge in [-0.05, 0) is 52.0 Å². The number of hydrogen-bond acceptors (Lipinski definition) is 4. The standard InChI is InChI=1S/C16H23ClN2O4S/c1-12-11-18(9-10-19(12)15(20)23-16(2,3)4)24(21,22)14-7-5-13(17)6-8-14/h5-8,12H,9-11H2,1-4H3/t12-/m1/s1. The molecule has 0 N–H and O–H groups in total. The summed E-state index contributed by atoms with van der Waals surface area (Å²) in [5.74, 6) is 0. The minimum absolute atomic E-state index is 0.199. The first-order chi connectivity index (χ1) is 11.0. The molecule has 2 rings (SSSR count). The molecule has 24 heavy (non-hydrogen) atoms. The third kappa shape index (κ3) is 4.40. The first-order valence-electron chi connectivity index (χ1n) is 7.76. The van der Waals surface area contributed by atoms with Crippen molar-refractivity contribution in [2.45, 2.75) is 44.2 Å². The van der Waals surface area contributed by atoms with Crippen molar-refractivity contribution in [1.29, 1.82) is 0 Å². The quantitative estimate of drug-likeness (QED) is 0.798. The summed E-state index contributed by atoms with van der Waals surface area (Å²) in [7, 11) is -3.60. The topological polar surface area (TPSA) is 66.9 Å². The van der Waals surface area contributed by atoms with Gasteiger partial charge >= 0.3 is 6.09 Å². The summed E-state index contributed by atoms with van der Waals surface area (Å²) in [6, 6.07) is 5.81. The van der Waals surface area contributed by atoms with Gasteiger partial charge in [0.05, 0.1) is 4.90 Å². The molecule has 0 aliphatic carbocycles. The van der Waals surface area contributed by atoms with Crippen LogP contribution < -0.4 is 0 Å². The van der Waals surface area contributed by atoms with Gasteiger partial charge < -0.3 is 9.64 Å². The number of ether oxygens (including phenoxy) is 1. The molecule has 0 aromatic heterocycles. The number of carbonyl (C=O) groups is 1. The molecule has 1 amide bonds. The molecule has 1 aliphatic heterocycles. The number of rotatable bonds is 2. The van der Waals surface area contributed by atoms with Gasteiger partial charge in [-0.25, -0.2) is 13.2 Å². The van der Waals surface area contributed by atoms with Gasteiger partial charge in [-0.1, -0.05) is 11.6 Å². The fourth-order valence-electron chi connectivity index (χ4n) is 2.49. The maximum Gasteiger partial charge on any atom is 0.410 e. The highest BCUT2D eigenvalue weighted by Gasteiger charge is 2.35. The minimum Gasteiger partial charge on any atom is -0.444 e. The van der Waals surface area contributed by atoms with Crippen LogP contribution in [-0.4, -0.2) is 55.0 Å². The maximum atomic E-state index is 12.7. The van der Waals surface area contributed by atoms with E-state index in [1.54, 1.807) is 37.8 Å². The molecule has 0 saturated carbocycles. The van der Waals surface area contributed by atoms with Gasteiger partial charge in [-0.2, -0.15) is 4.31 Å². The minimum atomic E-state index is -3.60. The Balaban J connectivity index is 2.10. The van der Waals surface area contributed by atoms with Crippen molar-refractivity contribution in [2.24, 2.45) is 0 Å². The van der Waals surface area contributed by atoms with Gasteiger partial charge in [0.1, 0.15) is 5.60 Å². The summed E-state index contributed by atoms with van der Waals surface area (Å²) in [6.07, 6.45) is -0.418. The zero-order valence-corrected chi connectivity index (χ0v) is 15.9. The predicted octanol–water partition coefficient (Wildman–Crippen LogP) is 2.97. The van der Waals surface area contributed by atoms with E-state index < -0.39 is 21.7 Å². The van der Waals surface area contributed by atoms with E-state index in [9.17, 15) is 13.2 Å². The number of piperazine rings is 1. The van der Waals surface area contributed by atoms with E-state index in [2.05, 4.69) is 0 Å². The van der Waals surface area contributed by atoms with Crippen LogP contribution in [0.1, 0.15) is 27.7 Å². The lowest BCUT2D eigenvalue weighted by atomic mass is 10.2. The van der Waals surface area contributed by atoms with Crippen molar-refractivity contribution in [2.75, 3.05) is 19.6 Å². The van der Waals surface area contributed by atoms with E-state index in [1.807, 2.05) is 6.92 Å². The van der Waals surface area contributed by atoms with Gasteiger partial charge in [0, 0.05) is 30.7 Å². The number of sulfonamides is 1. The molecule has 0 unspecified atom stereocenters. The molecule has 1 aromatic carbocycles. The van der Waals surface area contributed by atoms with Crippen LogP contribution in [0.15, 0.2) is 29.2 Å². The Hall–Kier alpha value is -1.31. The van der Waals surface area contributed by atoms with Crippen LogP contribution in [-0.2, 0) is 14.8 Å². The molecular formula is C16H23ClN2O4S. The number of nitrogens with zero attached hydrogens (tertiary/aromatic N) is 2. The van der Waals surface area contributed by atoms with E-state index >= 15 is 0 Å². The lowest BCUT2D eigenvalue weighted by molar-refractivity contribution is 0.00859. The molecule has 6 nitrogen and oxygen atoms in total. The molecule has 0 spiro atoms. The lowest BCUT2D eigenvalue weighted by Crippen LogP contribution is -2.56. The van der Waals surface area contributed by atoms with Crippen LogP contribution >= 0.6 is 11.6 Å². The number of benzene rings is 1. The fraction of sp³-hybridized carbons (Fsp3) is 0.562. The number of carbonyl (C=O) groups excluding carboxylic acids is 1. The van der Waals surface area contributed by atoms with Crippen molar-refractivity contribution in [3.05, 3.63) is 29.3 Å². The summed E-state index contributed by atoms with van der Waals surface area (Å²) in [6.45, 7) is 7.97. The second-order valence-electron chi connectivity index (χ2n) is 6.84. The van der Waals surface area contributed by atoms with E-state index in [0.717, 1.165) is 0 Å². The predicted molar refractivity (Wildman–Crippen MR) is 92.6 cm³/mol. The Morgan fingerprint density at radius 1 is 1.21 bits per heavy atom. The average Bonchev–Trinajstić information content (AvgIpc) is 2.45. The van der Waals surface area contributed by atoms with Crippen molar-refractivity contribution < 1.29 is 17.9 Å². The summed E-state index contributed by atoms with van der Waals surface area (Å²) in [5.41, 5.74) is -0.580. The Labute approximate surface area is 148 Å². The van der Waals surface area contributed by atoms with Gasteiger partial charge in [0.15, 0.2) is 0 Å². The number of amides is 1. The molecule has 1 atom stereocenters. The summed E-state index contributed by atoms with van der Waals surface area (Å²) < 4.78 is 32.2. The number of hydrogen-bond donors (Lipinski definition) is 0. The van der Waals surface area contributed by atoms with Crippen molar-refractivity contribution in [3.8, 4) is 0 Å². The third-order valence-corrected chi connectivity index (χ3v) is 5.80. The molecule has 0 radical (unpaired) electrons. The van der Waals surface area contributed by atoms with Gasteiger partial charge in [-0.15, -0.1) is 0 Å². The second-order valence-corrected chi connectivity index (χ2v) is 9.21. The van der Waals surface area contributed by atoms with Crippen LogP contribution in [0.3, 0.4) is 0 Å². The largest absolute Gasteiger partial charge is 0.444 e. The molecule has 1 heterocycles. The van der Waals surface area contributed by atoms with Crippen molar-refractivity contribution in [3.63, 3.8) is 0 Å². The van der Waals surface area contributed by atoms with Gasteiger partial charge in [0.2, 0.25) is 10.0 Å². The van der Waals surface area contributed by atoms with Crippen LogP contribution in [0, 0.1) is 0 Å². The normalized spacial score (nSPS) is 20.0. The SMILES string of the molecule is C[C@@H]1CN(S(=O)(=O)c2ccc(Cl)cc2)CCN1C(=O)OC(C)(C)C. The van der Waals surface area contributed by atoms with E-state index in [1.165, 1.54) is 16.4 Å². The van der Waals surface area contributed by atoms with Gasteiger partial charge in [-0.3, -0.25) is 0 Å². The van der Waals surface area contributed by atoms with Crippen molar-refractivity contribution in [1.82, 2.24) is 9.21 Å². The lowest BCUT2D eigenvalue weighted by Gasteiger charge is -2.39. The summed E-state index contributed by atoms with van der Waals surface area (Å²) in [4.78, 5) is 14.0. The first-order valence-corrected chi connectivity index (χ1v) is 9.58. The molecule has 1 saturated heterocycles.